The number of phenols is 1. The molecular formula is C9H4Br2O3. The fourth-order valence-corrected chi connectivity index (χ4v) is 2.36. The van der Waals surface area contributed by atoms with Crippen molar-refractivity contribution in [3.8, 4) is 5.75 Å². The van der Waals surface area contributed by atoms with Crippen molar-refractivity contribution in [2.24, 2.45) is 0 Å². The molecule has 0 saturated heterocycles. The number of aromatic hydroxyl groups is 1. The molecule has 0 fully saturated rings. The number of hydrogen-bond acceptors (Lipinski definition) is 3. The van der Waals surface area contributed by atoms with Gasteiger partial charge in [-0.1, -0.05) is 0 Å². The molecule has 14 heavy (non-hydrogen) atoms. The van der Waals surface area contributed by atoms with Gasteiger partial charge in [0, 0.05) is 11.5 Å². The lowest BCUT2D eigenvalue weighted by Gasteiger charge is -2.03. The second kappa shape index (κ2) is 3.40. The van der Waals surface area contributed by atoms with Gasteiger partial charge in [0.15, 0.2) is 5.58 Å². The van der Waals surface area contributed by atoms with Crippen molar-refractivity contribution in [3.63, 3.8) is 0 Å². The van der Waals surface area contributed by atoms with Gasteiger partial charge in [0.05, 0.1) is 4.47 Å². The molecule has 3 nitrogen and oxygen atoms in total. The Bertz CT molecular complexity index is 560. The van der Waals surface area contributed by atoms with Gasteiger partial charge in [-0.05, 0) is 44.0 Å². The van der Waals surface area contributed by atoms with E-state index in [-0.39, 0.29) is 5.75 Å². The normalized spacial score (nSPS) is 10.7. The maximum absolute atomic E-state index is 11.0. The second-order valence-corrected chi connectivity index (χ2v) is 4.34. The summed E-state index contributed by atoms with van der Waals surface area (Å²) in [6, 6.07) is 4.65. The van der Waals surface area contributed by atoms with E-state index < -0.39 is 5.63 Å². The first-order valence-electron chi connectivity index (χ1n) is 3.70. The van der Waals surface area contributed by atoms with E-state index in [1.54, 1.807) is 12.1 Å². The van der Waals surface area contributed by atoms with Crippen LogP contribution in [0.3, 0.4) is 0 Å². The first kappa shape index (κ1) is 9.73. The average Bonchev–Trinajstić information content (AvgIpc) is 2.16. The maximum Gasteiger partial charge on any atom is 0.336 e. The van der Waals surface area contributed by atoms with Crippen LogP contribution in [-0.4, -0.2) is 5.11 Å². The largest absolute Gasteiger partial charge is 0.505 e. The van der Waals surface area contributed by atoms with Crippen molar-refractivity contribution >= 4 is 42.8 Å². The third-order valence-electron chi connectivity index (χ3n) is 1.78. The Kier molecular flexibility index (Phi) is 2.36. The molecule has 72 valence electrons. The van der Waals surface area contributed by atoms with Crippen molar-refractivity contribution in [3.05, 3.63) is 37.6 Å². The van der Waals surface area contributed by atoms with E-state index in [1.165, 1.54) is 6.07 Å². The van der Waals surface area contributed by atoms with E-state index in [2.05, 4.69) is 31.9 Å². The van der Waals surface area contributed by atoms with Crippen LogP contribution in [0.4, 0.5) is 0 Å². The number of fused-ring (bicyclic) bond motifs is 1. The van der Waals surface area contributed by atoms with Crippen LogP contribution in [0.15, 0.2) is 36.4 Å². The Morgan fingerprint density at radius 2 is 2.00 bits per heavy atom. The lowest BCUT2D eigenvalue weighted by Crippen LogP contribution is -1.94. The van der Waals surface area contributed by atoms with Crippen LogP contribution in [0.2, 0.25) is 0 Å². The Labute approximate surface area is 95.6 Å². The predicted octanol–water partition coefficient (Wildman–Crippen LogP) is 3.02. The summed E-state index contributed by atoms with van der Waals surface area (Å²) in [7, 11) is 0. The van der Waals surface area contributed by atoms with Crippen LogP contribution in [0, 0.1) is 0 Å². The van der Waals surface area contributed by atoms with Gasteiger partial charge in [-0.25, -0.2) is 4.79 Å². The predicted molar refractivity (Wildman–Crippen MR) is 59.5 cm³/mol. The summed E-state index contributed by atoms with van der Waals surface area (Å²) >= 11 is 6.34. The minimum atomic E-state index is -0.445. The number of rotatable bonds is 0. The molecule has 0 saturated carbocycles. The van der Waals surface area contributed by atoms with Crippen LogP contribution in [-0.2, 0) is 0 Å². The van der Waals surface area contributed by atoms with Gasteiger partial charge in [0.25, 0.3) is 0 Å². The highest BCUT2D eigenvalue weighted by atomic mass is 79.9. The van der Waals surface area contributed by atoms with Gasteiger partial charge in [-0.15, -0.1) is 0 Å². The molecule has 0 amide bonds. The molecule has 0 aliphatic rings. The molecule has 0 unspecified atom stereocenters. The smallest absolute Gasteiger partial charge is 0.336 e. The summed E-state index contributed by atoms with van der Waals surface area (Å²) in [5, 5.41) is 10.3. The molecular weight excluding hydrogens is 316 g/mol. The summed E-state index contributed by atoms with van der Waals surface area (Å²) in [6.07, 6.45) is 0. The summed E-state index contributed by atoms with van der Waals surface area (Å²) in [5.41, 5.74) is -0.0990. The van der Waals surface area contributed by atoms with Gasteiger partial charge in [0.1, 0.15) is 10.2 Å². The third kappa shape index (κ3) is 1.46. The molecule has 1 N–H and O–H groups in total. The van der Waals surface area contributed by atoms with Crippen molar-refractivity contribution in [1.29, 1.82) is 0 Å². The maximum atomic E-state index is 11.0. The summed E-state index contributed by atoms with van der Waals surface area (Å²) in [5.74, 6) is 0.0202. The van der Waals surface area contributed by atoms with E-state index >= 15 is 0 Å². The molecule has 0 atom stereocenters. The zero-order valence-electron chi connectivity index (χ0n) is 6.75. The van der Waals surface area contributed by atoms with Crippen molar-refractivity contribution < 1.29 is 9.52 Å². The number of benzene rings is 1. The van der Waals surface area contributed by atoms with Crippen molar-refractivity contribution in [2.45, 2.75) is 0 Å². The molecule has 0 aliphatic carbocycles. The lowest BCUT2D eigenvalue weighted by atomic mass is 10.2. The zero-order chi connectivity index (χ0) is 10.3. The number of halogens is 2. The molecule has 2 rings (SSSR count). The minimum absolute atomic E-state index is 0.0202. The lowest BCUT2D eigenvalue weighted by molar-refractivity contribution is 0.466. The van der Waals surface area contributed by atoms with Crippen molar-refractivity contribution in [2.75, 3.05) is 0 Å². The number of phenolic OH excluding ortho intramolecular Hbond substituents is 1. The van der Waals surface area contributed by atoms with Crippen LogP contribution < -0.4 is 5.63 Å². The fourth-order valence-electron chi connectivity index (χ4n) is 1.13. The first-order valence-corrected chi connectivity index (χ1v) is 5.29. The van der Waals surface area contributed by atoms with Crippen LogP contribution >= 0.6 is 31.9 Å². The van der Waals surface area contributed by atoms with Gasteiger partial charge < -0.3 is 9.52 Å². The molecule has 0 spiro atoms. The molecule has 1 aromatic carbocycles. The van der Waals surface area contributed by atoms with E-state index in [0.717, 1.165) is 5.39 Å². The van der Waals surface area contributed by atoms with Crippen LogP contribution in [0.5, 0.6) is 5.75 Å². The van der Waals surface area contributed by atoms with Crippen LogP contribution in [0.1, 0.15) is 0 Å². The second-order valence-electron chi connectivity index (χ2n) is 2.69. The minimum Gasteiger partial charge on any atom is -0.505 e. The molecule has 5 heteroatoms. The Hall–Kier alpha value is -0.810. The van der Waals surface area contributed by atoms with Gasteiger partial charge in [-0.2, -0.15) is 0 Å². The molecule has 0 radical (unpaired) electrons. The topological polar surface area (TPSA) is 50.4 Å². The highest BCUT2D eigenvalue weighted by Gasteiger charge is 2.10. The fraction of sp³-hybridized carbons (Fsp3) is 0. The molecule has 0 aliphatic heterocycles. The van der Waals surface area contributed by atoms with E-state index in [4.69, 9.17) is 4.42 Å². The Morgan fingerprint density at radius 1 is 1.29 bits per heavy atom. The third-order valence-corrected chi connectivity index (χ3v) is 3.12. The van der Waals surface area contributed by atoms with E-state index in [9.17, 15) is 9.90 Å². The van der Waals surface area contributed by atoms with E-state index in [1.807, 2.05) is 0 Å². The Balaban J connectivity index is 2.99. The van der Waals surface area contributed by atoms with Gasteiger partial charge in [0.2, 0.25) is 0 Å². The molecule has 2 aromatic rings. The summed E-state index contributed by atoms with van der Waals surface area (Å²) in [4.78, 5) is 11.0. The summed E-state index contributed by atoms with van der Waals surface area (Å²) in [6.45, 7) is 0. The highest BCUT2D eigenvalue weighted by molar-refractivity contribution is 9.11. The Morgan fingerprint density at radius 3 is 2.71 bits per heavy atom. The van der Waals surface area contributed by atoms with Gasteiger partial charge in [-0.3, -0.25) is 0 Å². The molecule has 1 heterocycles. The monoisotopic (exact) mass is 318 g/mol. The van der Waals surface area contributed by atoms with Crippen LogP contribution in [0.25, 0.3) is 11.0 Å². The quantitative estimate of drug-likeness (QED) is 0.759. The van der Waals surface area contributed by atoms with Crippen molar-refractivity contribution in [1.82, 2.24) is 0 Å². The van der Waals surface area contributed by atoms with E-state index in [0.29, 0.717) is 14.5 Å². The zero-order valence-corrected chi connectivity index (χ0v) is 9.92. The number of hydrogen-bond donors (Lipinski definition) is 1. The molecule has 0 bridgehead atoms. The summed E-state index contributed by atoms with van der Waals surface area (Å²) < 4.78 is 5.87. The SMILES string of the molecule is O=c1ccc2cc(Br)c(O)c(Br)c2o1. The first-order chi connectivity index (χ1) is 6.59. The standard InChI is InChI=1S/C9H4Br2O3/c10-5-3-4-1-2-6(12)14-9(4)7(11)8(5)13/h1-3,13H. The molecule has 1 aromatic heterocycles. The van der Waals surface area contributed by atoms with Gasteiger partial charge >= 0.3 is 5.63 Å². The average molecular weight is 320 g/mol. The highest BCUT2D eigenvalue weighted by Crippen LogP contribution is 2.37.